The van der Waals surface area contributed by atoms with E-state index in [1.807, 2.05) is 13.8 Å². The van der Waals surface area contributed by atoms with Crippen LogP contribution in [0.15, 0.2) is 9.27 Å². The molecular weight excluding hydrogens is 284 g/mol. The van der Waals surface area contributed by atoms with E-state index >= 15 is 0 Å². The Bertz CT molecular complexity index is 429. The highest BCUT2D eigenvalue weighted by Crippen LogP contribution is 2.16. The number of nitrogens with zero attached hydrogens (tertiary/aromatic N) is 2. The molecule has 0 aromatic carbocycles. The number of hydrogen-bond donors (Lipinski definition) is 0. The average molecular weight is 303 g/mol. The Morgan fingerprint density at radius 1 is 1.35 bits per heavy atom. The summed E-state index contributed by atoms with van der Waals surface area (Å²) in [6, 6.07) is 0. The molecule has 1 rings (SSSR count). The summed E-state index contributed by atoms with van der Waals surface area (Å²) in [5, 5.41) is 0. The lowest BCUT2D eigenvalue weighted by Crippen LogP contribution is -2.28. The standard InChI is InChI=1S/C12H19BrN2O2/c1-4-5-7-17-8-6-15-10(3)11(13)9(2)14-12(15)16/h4-8H2,1-3H3. The number of ether oxygens (including phenoxy) is 1. The Kier molecular flexibility index (Phi) is 5.85. The first-order valence-corrected chi connectivity index (χ1v) is 6.68. The Morgan fingerprint density at radius 2 is 2.06 bits per heavy atom. The smallest absolute Gasteiger partial charge is 0.348 e. The Balaban J connectivity index is 2.65. The first kappa shape index (κ1) is 14.4. The van der Waals surface area contributed by atoms with Gasteiger partial charge < -0.3 is 4.74 Å². The molecule has 17 heavy (non-hydrogen) atoms. The maximum atomic E-state index is 11.7. The summed E-state index contributed by atoms with van der Waals surface area (Å²) >= 11 is 3.43. The van der Waals surface area contributed by atoms with Gasteiger partial charge in [0.2, 0.25) is 0 Å². The molecule has 0 unspecified atom stereocenters. The van der Waals surface area contributed by atoms with Crippen LogP contribution in [-0.4, -0.2) is 22.8 Å². The molecule has 0 radical (unpaired) electrons. The van der Waals surface area contributed by atoms with Gasteiger partial charge in [-0.25, -0.2) is 4.79 Å². The number of aromatic nitrogens is 2. The van der Waals surface area contributed by atoms with Crippen LogP contribution in [0.2, 0.25) is 0 Å². The van der Waals surface area contributed by atoms with Crippen molar-refractivity contribution in [3.63, 3.8) is 0 Å². The molecule has 1 aromatic heterocycles. The molecule has 0 saturated heterocycles. The molecule has 96 valence electrons. The molecule has 0 aliphatic carbocycles. The molecule has 0 N–H and O–H groups in total. The van der Waals surface area contributed by atoms with Crippen molar-refractivity contribution in [3.05, 3.63) is 26.3 Å². The average Bonchev–Trinajstić information content (AvgIpc) is 2.30. The first-order valence-electron chi connectivity index (χ1n) is 5.89. The zero-order chi connectivity index (χ0) is 12.8. The number of aryl methyl sites for hydroxylation is 1. The lowest BCUT2D eigenvalue weighted by molar-refractivity contribution is 0.122. The van der Waals surface area contributed by atoms with Gasteiger partial charge in [0.1, 0.15) is 0 Å². The fourth-order valence-electron chi connectivity index (χ4n) is 1.54. The minimum absolute atomic E-state index is 0.206. The van der Waals surface area contributed by atoms with Gasteiger partial charge in [-0.3, -0.25) is 4.57 Å². The van der Waals surface area contributed by atoms with Gasteiger partial charge in [0.15, 0.2) is 0 Å². The highest BCUT2D eigenvalue weighted by atomic mass is 79.9. The van der Waals surface area contributed by atoms with Crippen molar-refractivity contribution in [3.8, 4) is 0 Å². The molecule has 0 aliphatic heterocycles. The molecule has 0 spiro atoms. The van der Waals surface area contributed by atoms with Crippen molar-refractivity contribution in [2.75, 3.05) is 13.2 Å². The van der Waals surface area contributed by atoms with Crippen molar-refractivity contribution in [2.45, 2.75) is 40.2 Å². The number of halogens is 1. The van der Waals surface area contributed by atoms with Crippen LogP contribution < -0.4 is 5.69 Å². The second kappa shape index (κ2) is 6.91. The zero-order valence-corrected chi connectivity index (χ0v) is 12.2. The maximum absolute atomic E-state index is 11.7. The molecule has 4 nitrogen and oxygen atoms in total. The molecule has 0 atom stereocenters. The third kappa shape index (κ3) is 3.92. The van der Waals surface area contributed by atoms with Crippen molar-refractivity contribution in [1.82, 2.24) is 9.55 Å². The third-order valence-electron chi connectivity index (χ3n) is 2.64. The SMILES string of the molecule is CCCCOCCn1c(C)c(Br)c(C)nc1=O. The van der Waals surface area contributed by atoms with Crippen LogP contribution in [0, 0.1) is 13.8 Å². The van der Waals surface area contributed by atoms with Crippen molar-refractivity contribution in [2.24, 2.45) is 0 Å². The van der Waals surface area contributed by atoms with Gasteiger partial charge in [0, 0.05) is 12.3 Å². The summed E-state index contributed by atoms with van der Waals surface area (Å²) in [4.78, 5) is 15.7. The topological polar surface area (TPSA) is 44.1 Å². The van der Waals surface area contributed by atoms with Crippen LogP contribution in [0.1, 0.15) is 31.2 Å². The van der Waals surface area contributed by atoms with E-state index in [-0.39, 0.29) is 5.69 Å². The van der Waals surface area contributed by atoms with E-state index in [2.05, 4.69) is 27.8 Å². The lowest BCUT2D eigenvalue weighted by Gasteiger charge is -2.12. The van der Waals surface area contributed by atoms with E-state index in [4.69, 9.17) is 4.74 Å². The molecule has 5 heteroatoms. The third-order valence-corrected chi connectivity index (χ3v) is 3.78. The molecule has 0 aliphatic rings. The minimum Gasteiger partial charge on any atom is -0.380 e. The van der Waals surface area contributed by atoms with E-state index in [9.17, 15) is 4.79 Å². The number of rotatable bonds is 6. The van der Waals surface area contributed by atoms with E-state index in [0.29, 0.717) is 13.2 Å². The molecular formula is C12H19BrN2O2. The summed E-state index contributed by atoms with van der Waals surface area (Å²) in [5.41, 5.74) is 1.43. The Hall–Kier alpha value is -0.680. The number of unbranched alkanes of at least 4 members (excludes halogenated alkanes) is 1. The predicted molar refractivity (Wildman–Crippen MR) is 71.4 cm³/mol. The van der Waals surface area contributed by atoms with E-state index < -0.39 is 0 Å². The first-order chi connectivity index (χ1) is 8.07. The van der Waals surface area contributed by atoms with Crippen molar-refractivity contribution >= 4 is 15.9 Å². The zero-order valence-electron chi connectivity index (χ0n) is 10.6. The largest absolute Gasteiger partial charge is 0.380 e. The van der Waals surface area contributed by atoms with Crippen LogP contribution in [0.25, 0.3) is 0 Å². The molecule has 0 bridgehead atoms. The molecule has 1 heterocycles. The molecule has 0 saturated carbocycles. The van der Waals surface area contributed by atoms with Gasteiger partial charge in [-0.05, 0) is 36.2 Å². The van der Waals surface area contributed by atoms with Gasteiger partial charge in [0.05, 0.1) is 23.3 Å². The molecule has 0 amide bonds. The second-order valence-corrected chi connectivity index (χ2v) is 4.79. The van der Waals surface area contributed by atoms with Crippen LogP contribution in [0.3, 0.4) is 0 Å². The minimum atomic E-state index is -0.206. The summed E-state index contributed by atoms with van der Waals surface area (Å²) in [5.74, 6) is 0. The second-order valence-electron chi connectivity index (χ2n) is 4.00. The summed E-state index contributed by atoms with van der Waals surface area (Å²) in [6.45, 7) is 7.72. The Labute approximate surface area is 110 Å². The summed E-state index contributed by atoms with van der Waals surface area (Å²) in [6.07, 6.45) is 2.18. The monoisotopic (exact) mass is 302 g/mol. The maximum Gasteiger partial charge on any atom is 0.348 e. The van der Waals surface area contributed by atoms with Gasteiger partial charge in [-0.15, -0.1) is 0 Å². The van der Waals surface area contributed by atoms with Gasteiger partial charge in [0.25, 0.3) is 0 Å². The number of hydrogen-bond acceptors (Lipinski definition) is 3. The Morgan fingerprint density at radius 3 is 2.71 bits per heavy atom. The van der Waals surface area contributed by atoms with E-state index in [0.717, 1.165) is 35.3 Å². The fraction of sp³-hybridized carbons (Fsp3) is 0.667. The quantitative estimate of drug-likeness (QED) is 0.758. The van der Waals surface area contributed by atoms with Gasteiger partial charge >= 0.3 is 5.69 Å². The normalized spacial score (nSPS) is 10.8. The fourth-order valence-corrected chi connectivity index (χ4v) is 1.85. The van der Waals surface area contributed by atoms with E-state index in [1.165, 1.54) is 0 Å². The van der Waals surface area contributed by atoms with E-state index in [1.54, 1.807) is 4.57 Å². The van der Waals surface area contributed by atoms with Crippen LogP contribution in [-0.2, 0) is 11.3 Å². The van der Waals surface area contributed by atoms with Crippen LogP contribution in [0.5, 0.6) is 0 Å². The van der Waals surface area contributed by atoms with Crippen LogP contribution in [0.4, 0.5) is 0 Å². The predicted octanol–water partition coefficient (Wildman–Crippen LogP) is 2.44. The molecule has 0 fully saturated rings. The molecule has 1 aromatic rings. The summed E-state index contributed by atoms with van der Waals surface area (Å²) in [7, 11) is 0. The lowest BCUT2D eigenvalue weighted by atomic mass is 10.3. The van der Waals surface area contributed by atoms with Gasteiger partial charge in [-0.1, -0.05) is 13.3 Å². The highest BCUT2D eigenvalue weighted by Gasteiger charge is 2.08. The summed E-state index contributed by atoms with van der Waals surface area (Å²) < 4.78 is 7.99. The van der Waals surface area contributed by atoms with Crippen molar-refractivity contribution < 1.29 is 4.74 Å². The van der Waals surface area contributed by atoms with Gasteiger partial charge in [-0.2, -0.15) is 4.98 Å². The van der Waals surface area contributed by atoms with Crippen molar-refractivity contribution in [1.29, 1.82) is 0 Å². The van der Waals surface area contributed by atoms with Crippen LogP contribution >= 0.6 is 15.9 Å². The highest BCUT2D eigenvalue weighted by molar-refractivity contribution is 9.10.